The second-order valence-corrected chi connectivity index (χ2v) is 9.44. The molecule has 3 heterocycles. The SMILES string of the molecule is C[C@@H]1COCC2COc3c(nc(Cl)nc3C(C)(C)S(C)(=O)=O)N21. The molecule has 0 radical (unpaired) electrons. The van der Waals surface area contributed by atoms with Crippen LogP contribution in [-0.2, 0) is 19.3 Å². The second-order valence-electron chi connectivity index (χ2n) is 6.54. The molecule has 3 rings (SSSR count). The molecular weight excluding hydrogens is 342 g/mol. The van der Waals surface area contributed by atoms with Gasteiger partial charge in [0.2, 0.25) is 5.28 Å². The predicted molar refractivity (Wildman–Crippen MR) is 87.0 cm³/mol. The lowest BCUT2D eigenvalue weighted by molar-refractivity contribution is 0.0482. The molecule has 9 heteroatoms. The summed E-state index contributed by atoms with van der Waals surface area (Å²) in [5.41, 5.74) is 0.298. The Morgan fingerprint density at radius 3 is 2.61 bits per heavy atom. The van der Waals surface area contributed by atoms with Crippen LogP contribution in [0.5, 0.6) is 5.75 Å². The smallest absolute Gasteiger partial charge is 0.224 e. The van der Waals surface area contributed by atoms with Crippen molar-refractivity contribution >= 4 is 27.3 Å². The molecule has 1 aromatic rings. The summed E-state index contributed by atoms with van der Waals surface area (Å²) < 4.78 is 34.6. The largest absolute Gasteiger partial charge is 0.486 e. The lowest BCUT2D eigenvalue weighted by Crippen LogP contribution is -2.56. The van der Waals surface area contributed by atoms with Crippen molar-refractivity contribution in [2.45, 2.75) is 37.6 Å². The molecule has 1 aromatic heterocycles. The van der Waals surface area contributed by atoms with Gasteiger partial charge in [-0.3, -0.25) is 0 Å². The third-order valence-corrected chi connectivity index (χ3v) is 6.74. The zero-order valence-corrected chi connectivity index (χ0v) is 15.1. The van der Waals surface area contributed by atoms with Gasteiger partial charge in [-0.25, -0.2) is 13.4 Å². The summed E-state index contributed by atoms with van der Waals surface area (Å²) in [4.78, 5) is 10.6. The van der Waals surface area contributed by atoms with Gasteiger partial charge in [-0.2, -0.15) is 4.98 Å². The summed E-state index contributed by atoms with van der Waals surface area (Å²) in [5.74, 6) is 0.943. The number of aromatic nitrogens is 2. The number of sulfone groups is 1. The minimum Gasteiger partial charge on any atom is -0.486 e. The molecule has 2 aliphatic rings. The third-order valence-electron chi connectivity index (χ3n) is 4.52. The van der Waals surface area contributed by atoms with Crippen molar-refractivity contribution in [1.82, 2.24) is 9.97 Å². The first-order chi connectivity index (χ1) is 10.6. The van der Waals surface area contributed by atoms with Crippen LogP contribution in [0.25, 0.3) is 0 Å². The van der Waals surface area contributed by atoms with E-state index in [1.54, 1.807) is 13.8 Å². The maximum atomic E-state index is 12.2. The summed E-state index contributed by atoms with van der Waals surface area (Å²) >= 11 is 6.09. The van der Waals surface area contributed by atoms with Crippen LogP contribution in [0.1, 0.15) is 26.5 Å². The van der Waals surface area contributed by atoms with Gasteiger partial charge in [-0.15, -0.1) is 0 Å². The van der Waals surface area contributed by atoms with E-state index in [0.29, 0.717) is 37.1 Å². The fraction of sp³-hybridized carbons (Fsp3) is 0.714. The van der Waals surface area contributed by atoms with E-state index in [-0.39, 0.29) is 17.4 Å². The molecule has 0 bridgehead atoms. The average Bonchev–Trinajstić information content (AvgIpc) is 2.44. The number of nitrogens with zero attached hydrogens (tertiary/aromatic N) is 3. The van der Waals surface area contributed by atoms with Crippen LogP contribution in [0.4, 0.5) is 5.82 Å². The Labute approximate surface area is 140 Å². The summed E-state index contributed by atoms with van der Waals surface area (Å²) in [6.07, 6.45) is 1.18. The Kier molecular flexibility index (Phi) is 3.97. The third kappa shape index (κ3) is 2.66. The van der Waals surface area contributed by atoms with Gasteiger partial charge in [0.15, 0.2) is 21.4 Å². The van der Waals surface area contributed by atoms with Crippen molar-refractivity contribution in [1.29, 1.82) is 0 Å². The van der Waals surface area contributed by atoms with Gasteiger partial charge in [0, 0.05) is 6.26 Å². The molecule has 128 valence electrons. The van der Waals surface area contributed by atoms with E-state index >= 15 is 0 Å². The molecule has 1 saturated heterocycles. The first-order valence-electron chi connectivity index (χ1n) is 7.39. The van der Waals surface area contributed by atoms with E-state index < -0.39 is 14.6 Å². The summed E-state index contributed by atoms with van der Waals surface area (Å²) in [6, 6.07) is 0.128. The average molecular weight is 362 g/mol. The molecule has 0 spiro atoms. The van der Waals surface area contributed by atoms with Crippen molar-refractivity contribution in [3.8, 4) is 5.75 Å². The van der Waals surface area contributed by atoms with Gasteiger partial charge in [0.05, 0.1) is 25.3 Å². The molecule has 2 atom stereocenters. The van der Waals surface area contributed by atoms with Crippen LogP contribution >= 0.6 is 11.6 Å². The normalized spacial score (nSPS) is 24.7. The quantitative estimate of drug-likeness (QED) is 0.736. The van der Waals surface area contributed by atoms with E-state index in [9.17, 15) is 8.42 Å². The number of ether oxygens (including phenoxy) is 2. The van der Waals surface area contributed by atoms with Crippen LogP contribution < -0.4 is 9.64 Å². The maximum Gasteiger partial charge on any atom is 0.224 e. The molecule has 1 fully saturated rings. The monoisotopic (exact) mass is 361 g/mol. The molecule has 0 aromatic carbocycles. The Balaban J connectivity index is 2.20. The number of hydrogen-bond donors (Lipinski definition) is 0. The predicted octanol–water partition coefficient (Wildman–Crippen LogP) is 1.40. The zero-order chi connectivity index (χ0) is 17.0. The van der Waals surface area contributed by atoms with Crippen LogP contribution in [0.2, 0.25) is 5.28 Å². The Bertz CT molecular complexity index is 738. The number of halogens is 1. The van der Waals surface area contributed by atoms with Crippen LogP contribution in [0.15, 0.2) is 0 Å². The van der Waals surface area contributed by atoms with Crippen molar-refractivity contribution in [3.05, 3.63) is 11.0 Å². The first-order valence-corrected chi connectivity index (χ1v) is 9.66. The molecular formula is C14H20ClN3O4S. The maximum absolute atomic E-state index is 12.2. The van der Waals surface area contributed by atoms with E-state index in [0.717, 1.165) is 0 Å². The first kappa shape index (κ1) is 16.7. The molecule has 0 N–H and O–H groups in total. The van der Waals surface area contributed by atoms with Crippen molar-refractivity contribution in [2.24, 2.45) is 0 Å². The van der Waals surface area contributed by atoms with Crippen LogP contribution in [0, 0.1) is 0 Å². The number of morpholine rings is 1. The minimum absolute atomic E-state index is 0.0124. The Hall–Kier alpha value is -1.12. The van der Waals surface area contributed by atoms with E-state index in [4.69, 9.17) is 21.1 Å². The van der Waals surface area contributed by atoms with Crippen molar-refractivity contribution in [2.75, 3.05) is 31.0 Å². The highest BCUT2D eigenvalue weighted by molar-refractivity contribution is 7.91. The van der Waals surface area contributed by atoms with Gasteiger partial charge >= 0.3 is 0 Å². The molecule has 0 amide bonds. The molecule has 2 aliphatic heterocycles. The highest BCUT2D eigenvalue weighted by Gasteiger charge is 2.43. The summed E-state index contributed by atoms with van der Waals surface area (Å²) in [6.45, 7) is 6.73. The fourth-order valence-electron chi connectivity index (χ4n) is 2.89. The molecule has 23 heavy (non-hydrogen) atoms. The van der Waals surface area contributed by atoms with Crippen LogP contribution in [-0.4, -0.2) is 56.5 Å². The van der Waals surface area contributed by atoms with Gasteiger partial charge in [-0.05, 0) is 32.4 Å². The van der Waals surface area contributed by atoms with E-state index in [1.165, 1.54) is 6.26 Å². The van der Waals surface area contributed by atoms with E-state index in [2.05, 4.69) is 14.9 Å². The van der Waals surface area contributed by atoms with Crippen molar-refractivity contribution in [3.63, 3.8) is 0 Å². The molecule has 7 nitrogen and oxygen atoms in total. The minimum atomic E-state index is -3.42. The number of fused-ring (bicyclic) bond motifs is 3. The Morgan fingerprint density at radius 2 is 1.96 bits per heavy atom. The molecule has 0 saturated carbocycles. The van der Waals surface area contributed by atoms with Gasteiger partial charge in [0.1, 0.15) is 17.0 Å². The number of rotatable bonds is 2. The zero-order valence-electron chi connectivity index (χ0n) is 13.5. The lowest BCUT2D eigenvalue weighted by atomic mass is 10.0. The summed E-state index contributed by atoms with van der Waals surface area (Å²) in [5, 5.41) is 0.0124. The summed E-state index contributed by atoms with van der Waals surface area (Å²) in [7, 11) is -3.42. The molecule has 1 unspecified atom stereocenters. The van der Waals surface area contributed by atoms with Gasteiger partial charge in [0.25, 0.3) is 0 Å². The van der Waals surface area contributed by atoms with Crippen molar-refractivity contribution < 1.29 is 17.9 Å². The lowest BCUT2D eigenvalue weighted by Gasteiger charge is -2.45. The standard InChI is InChI=1S/C14H20ClN3O4S/c1-8-5-21-6-9-7-22-10-11(14(2,3)23(4,19)20)16-13(15)17-12(10)18(8)9/h8-9H,5-7H2,1-4H3/t8-,9?/m1/s1. The van der Waals surface area contributed by atoms with E-state index in [1.807, 2.05) is 6.92 Å². The molecule has 0 aliphatic carbocycles. The fourth-order valence-corrected chi connectivity index (χ4v) is 3.54. The Morgan fingerprint density at radius 1 is 1.26 bits per heavy atom. The topological polar surface area (TPSA) is 81.6 Å². The van der Waals surface area contributed by atoms with Gasteiger partial charge in [-0.1, -0.05) is 0 Å². The highest BCUT2D eigenvalue weighted by Crippen LogP contribution is 2.43. The number of hydrogen-bond acceptors (Lipinski definition) is 7. The van der Waals surface area contributed by atoms with Gasteiger partial charge < -0.3 is 14.4 Å². The van der Waals surface area contributed by atoms with Crippen LogP contribution in [0.3, 0.4) is 0 Å². The highest BCUT2D eigenvalue weighted by atomic mass is 35.5. The number of anilines is 1. The second kappa shape index (κ2) is 5.46.